The standard InChI is InChI=1S/C12H18N4O9/c13-5(1-8(18)19)11(24)14-3-7(17)16-6(2-9(20)21)12(25)15-4-10(22)23/h5-6H,1-4,13H2,(H,14,24)(H,15,25)(H,16,17)(H,18,19)(H,20,21)(H,22,23)/t5-,6-/m0/s1. The van der Waals surface area contributed by atoms with Gasteiger partial charge in [0.1, 0.15) is 12.6 Å². The summed E-state index contributed by atoms with van der Waals surface area (Å²) in [5.74, 6) is -7.03. The van der Waals surface area contributed by atoms with Crippen LogP contribution in [0.2, 0.25) is 0 Å². The van der Waals surface area contributed by atoms with Crippen LogP contribution < -0.4 is 21.7 Å². The highest BCUT2D eigenvalue weighted by Crippen LogP contribution is 1.94. The first-order chi connectivity index (χ1) is 11.5. The van der Waals surface area contributed by atoms with E-state index < -0.39 is 73.6 Å². The van der Waals surface area contributed by atoms with E-state index >= 15 is 0 Å². The van der Waals surface area contributed by atoms with Gasteiger partial charge in [0.25, 0.3) is 0 Å². The van der Waals surface area contributed by atoms with Crippen LogP contribution in [0.5, 0.6) is 0 Å². The third-order valence-corrected chi connectivity index (χ3v) is 2.60. The molecule has 13 heteroatoms. The van der Waals surface area contributed by atoms with Crippen molar-refractivity contribution in [1.29, 1.82) is 0 Å². The van der Waals surface area contributed by atoms with E-state index in [2.05, 4.69) is 0 Å². The third kappa shape index (κ3) is 10.2. The zero-order valence-corrected chi connectivity index (χ0v) is 12.9. The summed E-state index contributed by atoms with van der Waals surface area (Å²) in [4.78, 5) is 66.2. The maximum absolute atomic E-state index is 11.7. The summed E-state index contributed by atoms with van der Waals surface area (Å²) in [6, 6.07) is -2.95. The molecule has 13 nitrogen and oxygen atoms in total. The molecule has 140 valence electrons. The molecule has 0 aliphatic rings. The Morgan fingerprint density at radius 1 is 0.760 bits per heavy atom. The number of amides is 3. The van der Waals surface area contributed by atoms with Crippen LogP contribution in [0, 0.1) is 0 Å². The van der Waals surface area contributed by atoms with Gasteiger partial charge in [-0.25, -0.2) is 0 Å². The van der Waals surface area contributed by atoms with Crippen LogP contribution in [0.3, 0.4) is 0 Å². The van der Waals surface area contributed by atoms with Crippen molar-refractivity contribution in [2.24, 2.45) is 5.73 Å². The molecule has 0 rings (SSSR count). The van der Waals surface area contributed by atoms with E-state index in [1.807, 2.05) is 16.0 Å². The summed E-state index contributed by atoms with van der Waals surface area (Å²) in [5, 5.41) is 31.6. The third-order valence-electron chi connectivity index (χ3n) is 2.60. The molecule has 0 aliphatic carbocycles. The average molecular weight is 362 g/mol. The summed E-state index contributed by atoms with van der Waals surface area (Å²) in [6.45, 7) is -1.46. The van der Waals surface area contributed by atoms with Gasteiger partial charge in [-0.1, -0.05) is 0 Å². The lowest BCUT2D eigenvalue weighted by Gasteiger charge is -2.17. The Bertz CT molecular complexity index is 563. The monoisotopic (exact) mass is 362 g/mol. The fourth-order valence-electron chi connectivity index (χ4n) is 1.49. The van der Waals surface area contributed by atoms with Crippen LogP contribution in [0.15, 0.2) is 0 Å². The van der Waals surface area contributed by atoms with E-state index in [1.54, 1.807) is 0 Å². The van der Waals surface area contributed by atoms with Crippen LogP contribution in [0.4, 0.5) is 0 Å². The number of aliphatic carboxylic acids is 3. The molecule has 0 aromatic carbocycles. The van der Waals surface area contributed by atoms with Crippen molar-refractivity contribution in [1.82, 2.24) is 16.0 Å². The highest BCUT2D eigenvalue weighted by Gasteiger charge is 2.24. The molecule has 8 N–H and O–H groups in total. The second kappa shape index (κ2) is 10.5. The lowest BCUT2D eigenvalue weighted by atomic mass is 10.2. The average Bonchev–Trinajstić information content (AvgIpc) is 2.48. The number of carbonyl (C=O) groups excluding carboxylic acids is 3. The molecule has 2 atom stereocenters. The number of hydrogen-bond acceptors (Lipinski definition) is 7. The number of nitrogens with two attached hydrogens (primary N) is 1. The second-order valence-corrected chi connectivity index (χ2v) is 4.75. The van der Waals surface area contributed by atoms with Crippen LogP contribution in [-0.2, 0) is 28.8 Å². The Labute approximate surface area is 140 Å². The smallest absolute Gasteiger partial charge is 0.322 e. The fourth-order valence-corrected chi connectivity index (χ4v) is 1.49. The molecule has 0 heterocycles. The highest BCUT2D eigenvalue weighted by atomic mass is 16.4. The van der Waals surface area contributed by atoms with Gasteiger partial charge in [0.15, 0.2) is 0 Å². The van der Waals surface area contributed by atoms with Crippen LogP contribution >= 0.6 is 0 Å². The van der Waals surface area contributed by atoms with Crippen LogP contribution in [0.25, 0.3) is 0 Å². The summed E-state index contributed by atoms with van der Waals surface area (Å²) in [6.07, 6.45) is -1.48. The van der Waals surface area contributed by atoms with Crippen LogP contribution in [-0.4, -0.2) is 76.1 Å². The maximum atomic E-state index is 11.7. The quantitative estimate of drug-likeness (QED) is 0.189. The number of carboxylic acids is 3. The van der Waals surface area contributed by atoms with Crippen molar-refractivity contribution in [3.05, 3.63) is 0 Å². The number of carboxylic acid groups (broad SMARTS) is 3. The van der Waals surface area contributed by atoms with Gasteiger partial charge in [-0.15, -0.1) is 0 Å². The SMILES string of the molecule is N[C@@H](CC(=O)O)C(=O)NCC(=O)N[C@@H](CC(=O)O)C(=O)NCC(=O)O. The molecule has 0 saturated carbocycles. The van der Waals surface area contributed by atoms with Crippen molar-refractivity contribution in [2.45, 2.75) is 24.9 Å². The minimum Gasteiger partial charge on any atom is -0.481 e. The lowest BCUT2D eigenvalue weighted by Crippen LogP contribution is -2.52. The van der Waals surface area contributed by atoms with E-state index in [1.165, 1.54) is 0 Å². The largest absolute Gasteiger partial charge is 0.481 e. The normalized spacial score (nSPS) is 12.4. The number of nitrogens with one attached hydrogen (secondary N) is 3. The molecular formula is C12H18N4O9. The van der Waals surface area contributed by atoms with E-state index in [0.29, 0.717) is 0 Å². The first-order valence-corrected chi connectivity index (χ1v) is 6.78. The van der Waals surface area contributed by atoms with Crippen molar-refractivity contribution in [3.63, 3.8) is 0 Å². The molecule has 0 bridgehead atoms. The van der Waals surface area contributed by atoms with E-state index in [-0.39, 0.29) is 0 Å². The molecule has 0 fully saturated rings. The predicted octanol–water partition coefficient (Wildman–Crippen LogP) is -3.94. The van der Waals surface area contributed by atoms with E-state index in [0.717, 1.165) is 0 Å². The molecule has 0 radical (unpaired) electrons. The van der Waals surface area contributed by atoms with E-state index in [4.69, 9.17) is 21.1 Å². The molecule has 25 heavy (non-hydrogen) atoms. The van der Waals surface area contributed by atoms with Gasteiger partial charge in [0, 0.05) is 0 Å². The van der Waals surface area contributed by atoms with E-state index in [9.17, 15) is 28.8 Å². The molecule has 3 amide bonds. The molecule has 0 spiro atoms. The van der Waals surface area contributed by atoms with Crippen molar-refractivity contribution in [2.75, 3.05) is 13.1 Å². The maximum Gasteiger partial charge on any atom is 0.322 e. The zero-order chi connectivity index (χ0) is 19.6. The molecule has 0 aromatic heterocycles. The Morgan fingerprint density at radius 3 is 1.76 bits per heavy atom. The number of hydrogen-bond donors (Lipinski definition) is 7. The van der Waals surface area contributed by atoms with Crippen LogP contribution in [0.1, 0.15) is 12.8 Å². The van der Waals surface area contributed by atoms with Gasteiger partial charge in [0.05, 0.1) is 25.4 Å². The second-order valence-electron chi connectivity index (χ2n) is 4.75. The number of carbonyl (C=O) groups is 6. The summed E-state index contributed by atoms with van der Waals surface area (Å²) in [7, 11) is 0. The predicted molar refractivity (Wildman–Crippen MR) is 78.1 cm³/mol. The van der Waals surface area contributed by atoms with Gasteiger partial charge < -0.3 is 37.0 Å². The topological polar surface area (TPSA) is 225 Å². The van der Waals surface area contributed by atoms with Crippen molar-refractivity contribution < 1.29 is 44.1 Å². The molecular weight excluding hydrogens is 344 g/mol. The Balaban J connectivity index is 4.58. The fraction of sp³-hybridized carbons (Fsp3) is 0.500. The minimum atomic E-state index is -1.56. The zero-order valence-electron chi connectivity index (χ0n) is 12.9. The van der Waals surface area contributed by atoms with Crippen molar-refractivity contribution >= 4 is 35.6 Å². The summed E-state index contributed by atoms with van der Waals surface area (Å²) >= 11 is 0. The molecule has 0 aliphatic heterocycles. The summed E-state index contributed by atoms with van der Waals surface area (Å²) in [5.41, 5.74) is 5.27. The summed E-state index contributed by atoms with van der Waals surface area (Å²) < 4.78 is 0. The van der Waals surface area contributed by atoms with Gasteiger partial charge in [-0.2, -0.15) is 0 Å². The first-order valence-electron chi connectivity index (χ1n) is 6.78. The van der Waals surface area contributed by atoms with Gasteiger partial charge in [0.2, 0.25) is 17.7 Å². The first kappa shape index (κ1) is 21.8. The Kier molecular flexibility index (Phi) is 9.18. The van der Waals surface area contributed by atoms with Gasteiger partial charge >= 0.3 is 17.9 Å². The highest BCUT2D eigenvalue weighted by molar-refractivity contribution is 5.94. The molecule has 0 aromatic rings. The number of rotatable bonds is 11. The molecule has 0 unspecified atom stereocenters. The Hall–Kier alpha value is -3.22. The van der Waals surface area contributed by atoms with Gasteiger partial charge in [-0.3, -0.25) is 28.8 Å². The van der Waals surface area contributed by atoms with Crippen molar-refractivity contribution in [3.8, 4) is 0 Å². The minimum absolute atomic E-state index is 0.660. The molecule has 0 saturated heterocycles. The lowest BCUT2D eigenvalue weighted by molar-refractivity contribution is -0.141. The van der Waals surface area contributed by atoms with Gasteiger partial charge in [-0.05, 0) is 0 Å². The Morgan fingerprint density at radius 2 is 1.28 bits per heavy atom.